The summed E-state index contributed by atoms with van der Waals surface area (Å²) in [5.74, 6) is 0. The normalized spacial score (nSPS) is 12.5. The van der Waals surface area contributed by atoms with Crippen molar-refractivity contribution in [2.24, 2.45) is 5.73 Å². The Labute approximate surface area is 92.3 Å². The van der Waals surface area contributed by atoms with Crippen LogP contribution in [0.4, 0.5) is 5.69 Å². The third kappa shape index (κ3) is 3.22. The molecule has 0 saturated carbocycles. The summed E-state index contributed by atoms with van der Waals surface area (Å²) in [5.41, 5.74) is 8.18. The first-order valence-electron chi connectivity index (χ1n) is 5.39. The van der Waals surface area contributed by atoms with Crippen LogP contribution in [0.5, 0.6) is 0 Å². The van der Waals surface area contributed by atoms with Gasteiger partial charge in [-0.25, -0.2) is 0 Å². The lowest BCUT2D eigenvalue weighted by molar-refractivity contribution is 0.562. The number of nitrogens with two attached hydrogens (primary N) is 1. The van der Waals surface area contributed by atoms with Gasteiger partial charge in [-0.15, -0.1) is 0 Å². The number of hydrogen-bond donors (Lipinski definition) is 2. The lowest BCUT2D eigenvalue weighted by Crippen LogP contribution is -2.27. The summed E-state index contributed by atoms with van der Waals surface area (Å²) in [4.78, 5) is 2.09. The summed E-state index contributed by atoms with van der Waals surface area (Å²) < 4.78 is 0. The molecule has 0 aromatic heterocycles. The number of benzene rings is 1. The molecule has 84 valence electrons. The first-order chi connectivity index (χ1) is 7.19. The summed E-state index contributed by atoms with van der Waals surface area (Å²) in [6, 6.07) is 8.78. The molecular formula is C12H21N3. The van der Waals surface area contributed by atoms with Crippen molar-refractivity contribution in [2.45, 2.75) is 13.0 Å². The van der Waals surface area contributed by atoms with Crippen LogP contribution in [-0.2, 0) is 0 Å². The van der Waals surface area contributed by atoms with Crippen LogP contribution in [0.15, 0.2) is 24.3 Å². The Morgan fingerprint density at radius 2 is 1.87 bits per heavy atom. The van der Waals surface area contributed by atoms with Crippen molar-refractivity contribution in [1.29, 1.82) is 0 Å². The monoisotopic (exact) mass is 207 g/mol. The summed E-state index contributed by atoms with van der Waals surface area (Å²) in [5, 5.41) is 3.36. The van der Waals surface area contributed by atoms with Gasteiger partial charge in [0.1, 0.15) is 0 Å². The van der Waals surface area contributed by atoms with Gasteiger partial charge in [-0.05, 0) is 24.2 Å². The fourth-order valence-electron chi connectivity index (χ4n) is 1.59. The van der Waals surface area contributed by atoms with E-state index in [-0.39, 0.29) is 6.04 Å². The number of hydrogen-bond acceptors (Lipinski definition) is 3. The van der Waals surface area contributed by atoms with Gasteiger partial charge >= 0.3 is 0 Å². The molecule has 0 heterocycles. The van der Waals surface area contributed by atoms with E-state index < -0.39 is 0 Å². The fourth-order valence-corrected chi connectivity index (χ4v) is 1.59. The lowest BCUT2D eigenvalue weighted by atomic mass is 10.1. The molecule has 0 aliphatic heterocycles. The summed E-state index contributed by atoms with van der Waals surface area (Å²) in [7, 11) is 4.08. The van der Waals surface area contributed by atoms with Gasteiger partial charge in [0, 0.05) is 32.4 Å². The van der Waals surface area contributed by atoms with E-state index in [1.54, 1.807) is 0 Å². The molecule has 1 rings (SSSR count). The van der Waals surface area contributed by atoms with Crippen LogP contribution in [-0.4, -0.2) is 27.2 Å². The smallest absolute Gasteiger partial charge is 0.0444 e. The standard InChI is InChI=1S/C12H21N3/c1-4-14-12(9-13)10-5-7-11(8-6-10)15(2)3/h5-8,12,14H,4,9,13H2,1-3H3. The molecule has 1 atom stereocenters. The third-order valence-electron chi connectivity index (χ3n) is 2.50. The van der Waals surface area contributed by atoms with Crippen molar-refractivity contribution in [3.05, 3.63) is 29.8 Å². The van der Waals surface area contributed by atoms with E-state index in [2.05, 4.69) is 41.4 Å². The van der Waals surface area contributed by atoms with E-state index >= 15 is 0 Å². The zero-order valence-corrected chi connectivity index (χ0v) is 9.83. The maximum atomic E-state index is 5.72. The number of nitrogens with zero attached hydrogens (tertiary/aromatic N) is 1. The second-order valence-corrected chi connectivity index (χ2v) is 3.83. The topological polar surface area (TPSA) is 41.3 Å². The quantitative estimate of drug-likeness (QED) is 0.766. The first kappa shape index (κ1) is 12.0. The minimum absolute atomic E-state index is 0.270. The van der Waals surface area contributed by atoms with Crippen LogP contribution in [0.25, 0.3) is 0 Å². The molecule has 3 heteroatoms. The maximum Gasteiger partial charge on any atom is 0.0444 e. The Kier molecular flexibility index (Phi) is 4.59. The van der Waals surface area contributed by atoms with Gasteiger partial charge in [-0.3, -0.25) is 0 Å². The van der Waals surface area contributed by atoms with Gasteiger partial charge in [0.2, 0.25) is 0 Å². The van der Waals surface area contributed by atoms with Gasteiger partial charge in [0.25, 0.3) is 0 Å². The van der Waals surface area contributed by atoms with Gasteiger partial charge in [-0.2, -0.15) is 0 Å². The van der Waals surface area contributed by atoms with Gasteiger partial charge in [-0.1, -0.05) is 19.1 Å². The number of nitrogens with one attached hydrogen (secondary N) is 1. The molecule has 3 N–H and O–H groups in total. The second-order valence-electron chi connectivity index (χ2n) is 3.83. The minimum Gasteiger partial charge on any atom is -0.378 e. The fraction of sp³-hybridized carbons (Fsp3) is 0.500. The van der Waals surface area contributed by atoms with Crippen LogP contribution in [0.1, 0.15) is 18.5 Å². The molecule has 0 amide bonds. The highest BCUT2D eigenvalue weighted by atomic mass is 15.1. The van der Waals surface area contributed by atoms with E-state index in [1.165, 1.54) is 11.3 Å². The zero-order valence-electron chi connectivity index (χ0n) is 9.83. The van der Waals surface area contributed by atoms with Crippen molar-refractivity contribution in [3.8, 4) is 0 Å². The van der Waals surface area contributed by atoms with Crippen LogP contribution in [0.3, 0.4) is 0 Å². The molecule has 0 spiro atoms. The van der Waals surface area contributed by atoms with Crippen LogP contribution in [0.2, 0.25) is 0 Å². The molecule has 1 aromatic rings. The second kappa shape index (κ2) is 5.73. The van der Waals surface area contributed by atoms with E-state index in [4.69, 9.17) is 5.73 Å². The molecule has 0 bridgehead atoms. The highest BCUT2D eigenvalue weighted by Gasteiger charge is 2.07. The van der Waals surface area contributed by atoms with Gasteiger partial charge < -0.3 is 16.0 Å². The number of anilines is 1. The Bertz CT molecular complexity index is 279. The van der Waals surface area contributed by atoms with E-state index in [1.807, 2.05) is 14.1 Å². The highest BCUT2D eigenvalue weighted by molar-refractivity contribution is 5.46. The molecule has 0 aliphatic rings. The number of likely N-dealkylation sites (N-methyl/N-ethyl adjacent to an activating group) is 1. The molecule has 0 saturated heterocycles. The summed E-state index contributed by atoms with van der Waals surface area (Å²) in [6.45, 7) is 3.67. The molecule has 1 unspecified atom stereocenters. The Morgan fingerprint density at radius 3 is 2.27 bits per heavy atom. The Balaban J connectivity index is 2.77. The SMILES string of the molecule is CCNC(CN)c1ccc(N(C)C)cc1. The third-order valence-corrected chi connectivity index (χ3v) is 2.50. The average Bonchev–Trinajstić information content (AvgIpc) is 2.26. The van der Waals surface area contributed by atoms with E-state index in [0.717, 1.165) is 6.54 Å². The van der Waals surface area contributed by atoms with E-state index in [0.29, 0.717) is 6.54 Å². The van der Waals surface area contributed by atoms with Crippen LogP contribution >= 0.6 is 0 Å². The molecule has 0 aliphatic carbocycles. The van der Waals surface area contributed by atoms with Crippen molar-refractivity contribution < 1.29 is 0 Å². The number of rotatable bonds is 5. The van der Waals surface area contributed by atoms with Crippen LogP contribution in [0, 0.1) is 0 Å². The molecule has 0 radical (unpaired) electrons. The molecule has 3 nitrogen and oxygen atoms in total. The van der Waals surface area contributed by atoms with Crippen LogP contribution < -0.4 is 16.0 Å². The van der Waals surface area contributed by atoms with Gasteiger partial charge in [0.05, 0.1) is 0 Å². The van der Waals surface area contributed by atoms with Crippen molar-refractivity contribution in [1.82, 2.24) is 5.32 Å². The molecule has 1 aromatic carbocycles. The largest absolute Gasteiger partial charge is 0.378 e. The average molecular weight is 207 g/mol. The van der Waals surface area contributed by atoms with Crippen molar-refractivity contribution in [2.75, 3.05) is 32.1 Å². The molecule has 0 fully saturated rings. The molecular weight excluding hydrogens is 186 g/mol. The van der Waals surface area contributed by atoms with Crippen molar-refractivity contribution in [3.63, 3.8) is 0 Å². The van der Waals surface area contributed by atoms with E-state index in [9.17, 15) is 0 Å². The maximum absolute atomic E-state index is 5.72. The molecule has 15 heavy (non-hydrogen) atoms. The Morgan fingerprint density at radius 1 is 1.27 bits per heavy atom. The zero-order chi connectivity index (χ0) is 11.3. The van der Waals surface area contributed by atoms with Gasteiger partial charge in [0.15, 0.2) is 0 Å². The summed E-state index contributed by atoms with van der Waals surface area (Å²) >= 11 is 0. The lowest BCUT2D eigenvalue weighted by Gasteiger charge is -2.18. The predicted molar refractivity (Wildman–Crippen MR) is 66.2 cm³/mol. The van der Waals surface area contributed by atoms with Crippen molar-refractivity contribution >= 4 is 5.69 Å². The predicted octanol–water partition coefficient (Wildman–Crippen LogP) is 1.36. The first-order valence-corrected chi connectivity index (χ1v) is 5.39. The highest BCUT2D eigenvalue weighted by Crippen LogP contribution is 2.17. The summed E-state index contributed by atoms with van der Waals surface area (Å²) in [6.07, 6.45) is 0. The Hall–Kier alpha value is -1.06. The minimum atomic E-state index is 0.270.